The maximum absolute atomic E-state index is 12.2. The molecule has 1 aliphatic rings. The van der Waals surface area contributed by atoms with Gasteiger partial charge in [0.25, 0.3) is 5.91 Å². The van der Waals surface area contributed by atoms with Crippen LogP contribution in [0, 0.1) is 0 Å². The largest absolute Gasteiger partial charge is 0.336 e. The number of imidazole rings is 1. The number of aryl methyl sites for hydroxylation is 1. The van der Waals surface area contributed by atoms with Crippen molar-refractivity contribution in [1.29, 1.82) is 0 Å². The molecule has 0 aromatic carbocycles. The molecular formula is C15H15N5OS. The lowest BCUT2D eigenvalue weighted by Gasteiger charge is -2.38. The summed E-state index contributed by atoms with van der Waals surface area (Å²) in [5.74, 6) is 0.259. The van der Waals surface area contributed by atoms with Crippen molar-refractivity contribution in [3.05, 3.63) is 47.0 Å². The van der Waals surface area contributed by atoms with Crippen LogP contribution in [0.5, 0.6) is 0 Å². The molecule has 0 radical (unpaired) electrons. The fourth-order valence-corrected chi connectivity index (χ4v) is 3.26. The highest BCUT2D eigenvalue weighted by atomic mass is 32.1. The fourth-order valence-electron chi connectivity index (χ4n) is 2.83. The summed E-state index contributed by atoms with van der Waals surface area (Å²) in [7, 11) is 0. The van der Waals surface area contributed by atoms with Crippen molar-refractivity contribution in [3.63, 3.8) is 0 Å². The minimum absolute atomic E-state index is 0.0400. The summed E-state index contributed by atoms with van der Waals surface area (Å²) in [6.07, 6.45) is 4.99. The van der Waals surface area contributed by atoms with Crippen molar-refractivity contribution in [3.8, 4) is 0 Å². The Kier molecular flexibility index (Phi) is 3.15. The molecule has 0 aliphatic carbocycles. The highest BCUT2D eigenvalue weighted by Gasteiger charge is 2.35. The van der Waals surface area contributed by atoms with E-state index in [0.29, 0.717) is 24.7 Å². The second-order valence-electron chi connectivity index (χ2n) is 5.51. The third-order valence-corrected chi connectivity index (χ3v) is 4.67. The first-order chi connectivity index (χ1) is 10.8. The minimum atomic E-state index is -0.0400. The predicted octanol–water partition coefficient (Wildman–Crippen LogP) is 1.99. The number of carbonyl (C=O) groups excluding carboxylic acids is 1. The zero-order valence-corrected chi connectivity index (χ0v) is 13.0. The average molecular weight is 313 g/mol. The Hall–Kier alpha value is -2.28. The molecule has 0 atom stereocenters. The quantitative estimate of drug-likeness (QED) is 0.742. The summed E-state index contributed by atoms with van der Waals surface area (Å²) < 4.78 is 5.81. The van der Waals surface area contributed by atoms with Crippen molar-refractivity contribution in [2.24, 2.45) is 0 Å². The van der Waals surface area contributed by atoms with Crippen LogP contribution < -0.4 is 0 Å². The Morgan fingerprint density at radius 2 is 2.27 bits per heavy atom. The number of aromatic nitrogens is 4. The number of nitrogens with zero attached hydrogens (tertiary/aromatic N) is 5. The van der Waals surface area contributed by atoms with Crippen LogP contribution in [0.4, 0.5) is 0 Å². The van der Waals surface area contributed by atoms with Gasteiger partial charge in [-0.2, -0.15) is 0 Å². The number of hydrogen-bond donors (Lipinski definition) is 0. The van der Waals surface area contributed by atoms with Crippen molar-refractivity contribution in [2.75, 3.05) is 13.1 Å². The average Bonchev–Trinajstić information content (AvgIpc) is 3.14. The first-order valence-corrected chi connectivity index (χ1v) is 8.11. The summed E-state index contributed by atoms with van der Waals surface area (Å²) in [6, 6.07) is 4.26. The fraction of sp³-hybridized carbons (Fsp3) is 0.333. The van der Waals surface area contributed by atoms with E-state index in [4.69, 9.17) is 0 Å². The molecule has 112 valence electrons. The van der Waals surface area contributed by atoms with Crippen LogP contribution in [0.3, 0.4) is 0 Å². The number of amides is 1. The van der Waals surface area contributed by atoms with E-state index in [9.17, 15) is 4.79 Å². The van der Waals surface area contributed by atoms with Crippen LogP contribution in [-0.2, 0) is 6.42 Å². The van der Waals surface area contributed by atoms with Gasteiger partial charge in [-0.15, -0.1) is 5.10 Å². The van der Waals surface area contributed by atoms with Gasteiger partial charge in [-0.05, 0) is 29.6 Å². The molecular weight excluding hydrogens is 298 g/mol. The van der Waals surface area contributed by atoms with Gasteiger partial charge in [-0.25, -0.2) is 4.98 Å². The Labute approximate surface area is 131 Å². The Balaban J connectivity index is 1.52. The molecule has 4 heterocycles. The molecule has 1 amide bonds. The summed E-state index contributed by atoms with van der Waals surface area (Å²) in [4.78, 5) is 18.5. The van der Waals surface area contributed by atoms with Gasteiger partial charge in [0.1, 0.15) is 0 Å². The molecule has 1 fully saturated rings. The Morgan fingerprint density at radius 1 is 1.41 bits per heavy atom. The summed E-state index contributed by atoms with van der Waals surface area (Å²) in [5.41, 5.74) is 3.93. The van der Waals surface area contributed by atoms with Crippen LogP contribution in [0.1, 0.15) is 34.6 Å². The molecule has 7 heteroatoms. The molecule has 4 rings (SSSR count). The molecule has 3 aromatic rings. The molecule has 6 nitrogen and oxygen atoms in total. The summed E-state index contributed by atoms with van der Waals surface area (Å²) in [5, 5.41) is 5.52. The first-order valence-electron chi connectivity index (χ1n) is 7.28. The predicted molar refractivity (Wildman–Crippen MR) is 83.1 cm³/mol. The lowest BCUT2D eigenvalue weighted by molar-refractivity contribution is 0.0594. The highest BCUT2D eigenvalue weighted by molar-refractivity contribution is 7.03. The Morgan fingerprint density at radius 3 is 3.00 bits per heavy atom. The number of carbonyl (C=O) groups is 1. The van der Waals surface area contributed by atoms with Gasteiger partial charge in [0.05, 0.1) is 17.5 Å². The molecule has 1 aliphatic heterocycles. The van der Waals surface area contributed by atoms with E-state index in [2.05, 4.69) is 44.2 Å². The molecule has 0 bridgehead atoms. The van der Waals surface area contributed by atoms with Crippen molar-refractivity contribution >= 4 is 23.0 Å². The van der Waals surface area contributed by atoms with E-state index in [1.165, 1.54) is 17.1 Å². The van der Waals surface area contributed by atoms with Crippen molar-refractivity contribution < 1.29 is 4.79 Å². The standard InChI is InChI=1S/C15H15N5OS/c1-2-10-3-4-13-14(16-9-20(13)5-10)11-6-19(7-11)15(21)12-8-22-18-17-12/h3-5,8-9,11H,2,6-7H2,1H3. The topological polar surface area (TPSA) is 63.4 Å². The number of pyridine rings is 1. The van der Waals surface area contributed by atoms with Gasteiger partial charge < -0.3 is 9.30 Å². The normalized spacial score (nSPS) is 15.2. The number of rotatable bonds is 3. The van der Waals surface area contributed by atoms with Crippen LogP contribution in [0.2, 0.25) is 0 Å². The lowest BCUT2D eigenvalue weighted by Crippen LogP contribution is -2.48. The molecule has 1 saturated heterocycles. The van der Waals surface area contributed by atoms with Crippen molar-refractivity contribution in [2.45, 2.75) is 19.3 Å². The first kappa shape index (κ1) is 13.4. The van der Waals surface area contributed by atoms with Crippen LogP contribution in [0.15, 0.2) is 30.0 Å². The number of fused-ring (bicyclic) bond motifs is 1. The number of hydrogen-bond acceptors (Lipinski definition) is 5. The SMILES string of the molecule is CCc1ccc2c(C3CN(C(=O)c4csnn4)C3)ncn2c1. The van der Waals surface area contributed by atoms with Gasteiger partial charge in [0, 0.05) is 30.6 Å². The van der Waals surface area contributed by atoms with Crippen molar-refractivity contribution in [1.82, 2.24) is 23.9 Å². The second-order valence-corrected chi connectivity index (χ2v) is 6.12. The van der Waals surface area contributed by atoms with E-state index in [1.54, 1.807) is 10.3 Å². The zero-order chi connectivity index (χ0) is 15.1. The van der Waals surface area contributed by atoms with Crippen LogP contribution in [0.25, 0.3) is 5.52 Å². The van der Waals surface area contributed by atoms with E-state index in [1.807, 2.05) is 6.33 Å². The third kappa shape index (κ3) is 2.09. The monoisotopic (exact) mass is 313 g/mol. The summed E-state index contributed by atoms with van der Waals surface area (Å²) >= 11 is 1.20. The maximum atomic E-state index is 12.2. The van der Waals surface area contributed by atoms with E-state index >= 15 is 0 Å². The van der Waals surface area contributed by atoms with E-state index < -0.39 is 0 Å². The van der Waals surface area contributed by atoms with Crippen LogP contribution in [-0.4, -0.2) is 42.9 Å². The Bertz CT molecular complexity index is 820. The molecule has 0 saturated carbocycles. The molecule has 3 aromatic heterocycles. The second kappa shape index (κ2) is 5.17. The minimum Gasteiger partial charge on any atom is -0.336 e. The molecule has 22 heavy (non-hydrogen) atoms. The van der Waals surface area contributed by atoms with Gasteiger partial charge in [0.2, 0.25) is 0 Å². The van der Waals surface area contributed by atoms with Crippen LogP contribution >= 0.6 is 11.5 Å². The zero-order valence-electron chi connectivity index (χ0n) is 12.1. The van der Waals surface area contributed by atoms with Gasteiger partial charge in [-0.1, -0.05) is 17.5 Å². The van der Waals surface area contributed by atoms with Gasteiger partial charge in [-0.3, -0.25) is 4.79 Å². The number of likely N-dealkylation sites (tertiary alicyclic amines) is 1. The molecule has 0 N–H and O–H groups in total. The smallest absolute Gasteiger partial charge is 0.275 e. The molecule has 0 unspecified atom stereocenters. The summed E-state index contributed by atoms with van der Waals surface area (Å²) in [6.45, 7) is 3.53. The highest BCUT2D eigenvalue weighted by Crippen LogP contribution is 2.30. The lowest BCUT2D eigenvalue weighted by atomic mass is 9.95. The third-order valence-electron chi connectivity index (χ3n) is 4.16. The van der Waals surface area contributed by atoms with Gasteiger partial charge in [0.15, 0.2) is 5.69 Å². The van der Waals surface area contributed by atoms with Gasteiger partial charge >= 0.3 is 0 Å². The van der Waals surface area contributed by atoms with E-state index in [0.717, 1.165) is 17.6 Å². The molecule has 0 spiro atoms. The maximum Gasteiger partial charge on any atom is 0.275 e. The van der Waals surface area contributed by atoms with E-state index in [-0.39, 0.29) is 5.91 Å².